The highest BCUT2D eigenvalue weighted by Gasteiger charge is 2.21. The largest absolute Gasteiger partial charge is 0.398 e. The van der Waals surface area contributed by atoms with E-state index in [1.807, 2.05) is 12.1 Å². The normalized spacial score (nSPS) is 17.2. The number of likely N-dealkylation sites (tertiary alicyclic amines) is 1. The number of anilines is 1. The van der Waals surface area contributed by atoms with Crippen molar-refractivity contribution in [2.24, 2.45) is 0 Å². The molecule has 0 aromatic heterocycles. The molecule has 2 aromatic carbocycles. The average Bonchev–Trinajstić information content (AvgIpc) is 2.50. The van der Waals surface area contributed by atoms with Crippen LogP contribution < -0.4 is 5.73 Å². The summed E-state index contributed by atoms with van der Waals surface area (Å²) in [6, 6.07) is 19.1. The second-order valence-electron chi connectivity index (χ2n) is 5.66. The summed E-state index contributed by atoms with van der Waals surface area (Å²) in [5.74, 6) is 0.628. The van der Waals surface area contributed by atoms with Crippen molar-refractivity contribution in [2.45, 2.75) is 25.3 Å². The molecule has 2 heteroatoms. The fraction of sp³-hybridized carbons (Fsp3) is 0.333. The molecule has 2 N–H and O–H groups in total. The number of nitrogens with zero attached hydrogens (tertiary/aromatic N) is 1. The van der Waals surface area contributed by atoms with Gasteiger partial charge < -0.3 is 5.73 Å². The van der Waals surface area contributed by atoms with E-state index in [-0.39, 0.29) is 0 Å². The molecule has 1 fully saturated rings. The lowest BCUT2D eigenvalue weighted by molar-refractivity contribution is 0.205. The van der Waals surface area contributed by atoms with Gasteiger partial charge in [-0.05, 0) is 49.0 Å². The maximum Gasteiger partial charge on any atom is 0.0349 e. The lowest BCUT2D eigenvalue weighted by Gasteiger charge is -2.32. The van der Waals surface area contributed by atoms with Gasteiger partial charge in [0.1, 0.15) is 0 Å². The number of benzene rings is 2. The van der Waals surface area contributed by atoms with Crippen LogP contribution in [0.25, 0.3) is 0 Å². The van der Waals surface area contributed by atoms with E-state index in [4.69, 9.17) is 5.73 Å². The Morgan fingerprint density at radius 1 is 0.900 bits per heavy atom. The Morgan fingerprint density at radius 2 is 1.55 bits per heavy atom. The summed E-state index contributed by atoms with van der Waals surface area (Å²) in [5.41, 5.74) is 9.80. The number of rotatable bonds is 3. The zero-order valence-electron chi connectivity index (χ0n) is 11.8. The number of piperidine rings is 1. The third-order valence-corrected chi connectivity index (χ3v) is 4.27. The molecule has 104 valence electrons. The molecule has 20 heavy (non-hydrogen) atoms. The first-order valence-corrected chi connectivity index (χ1v) is 7.43. The van der Waals surface area contributed by atoms with Crippen molar-refractivity contribution in [1.29, 1.82) is 0 Å². The van der Waals surface area contributed by atoms with Crippen LogP contribution in [-0.2, 0) is 6.54 Å². The van der Waals surface area contributed by atoms with Crippen LogP contribution in [-0.4, -0.2) is 18.0 Å². The fourth-order valence-electron chi connectivity index (χ4n) is 3.13. The Hall–Kier alpha value is -1.80. The molecule has 2 aromatic rings. The molecule has 1 aliphatic rings. The van der Waals surface area contributed by atoms with Gasteiger partial charge in [-0.3, -0.25) is 4.90 Å². The summed E-state index contributed by atoms with van der Waals surface area (Å²) in [6.07, 6.45) is 2.42. The monoisotopic (exact) mass is 266 g/mol. The van der Waals surface area contributed by atoms with Gasteiger partial charge in [-0.25, -0.2) is 0 Å². The van der Waals surface area contributed by atoms with Crippen LogP contribution in [0.4, 0.5) is 5.69 Å². The number of nitrogens with two attached hydrogens (primary N) is 1. The van der Waals surface area contributed by atoms with Crippen molar-refractivity contribution in [1.82, 2.24) is 4.90 Å². The summed E-state index contributed by atoms with van der Waals surface area (Å²) < 4.78 is 0. The number of para-hydroxylation sites is 1. The molecule has 0 amide bonds. The molecule has 1 saturated heterocycles. The Kier molecular flexibility index (Phi) is 4.03. The van der Waals surface area contributed by atoms with Gasteiger partial charge in [0, 0.05) is 12.2 Å². The first kappa shape index (κ1) is 13.2. The zero-order chi connectivity index (χ0) is 13.8. The molecule has 1 heterocycles. The van der Waals surface area contributed by atoms with Crippen molar-refractivity contribution >= 4 is 5.69 Å². The van der Waals surface area contributed by atoms with Gasteiger partial charge in [0.05, 0.1) is 0 Å². The molecule has 0 saturated carbocycles. The number of hydrogen-bond donors (Lipinski definition) is 1. The van der Waals surface area contributed by atoms with Crippen LogP contribution >= 0.6 is 0 Å². The van der Waals surface area contributed by atoms with E-state index in [0.29, 0.717) is 5.92 Å². The lowest BCUT2D eigenvalue weighted by Crippen LogP contribution is -2.32. The van der Waals surface area contributed by atoms with Crippen LogP contribution in [0.1, 0.15) is 29.9 Å². The van der Waals surface area contributed by atoms with Crippen molar-refractivity contribution in [3.05, 3.63) is 65.7 Å². The summed E-state index contributed by atoms with van der Waals surface area (Å²) in [5, 5.41) is 0. The number of hydrogen-bond acceptors (Lipinski definition) is 2. The molecule has 0 unspecified atom stereocenters. The van der Waals surface area contributed by atoms with Gasteiger partial charge in [0.25, 0.3) is 0 Å². The quantitative estimate of drug-likeness (QED) is 0.859. The molecular weight excluding hydrogens is 244 g/mol. The Morgan fingerprint density at radius 3 is 2.25 bits per heavy atom. The van der Waals surface area contributed by atoms with Crippen LogP contribution in [0.15, 0.2) is 54.6 Å². The molecule has 0 atom stereocenters. The van der Waals surface area contributed by atoms with Crippen LogP contribution in [0, 0.1) is 0 Å². The molecule has 0 aliphatic carbocycles. The van der Waals surface area contributed by atoms with E-state index in [2.05, 4.69) is 47.4 Å². The van der Waals surface area contributed by atoms with Gasteiger partial charge in [-0.2, -0.15) is 0 Å². The first-order valence-electron chi connectivity index (χ1n) is 7.43. The smallest absolute Gasteiger partial charge is 0.0349 e. The zero-order valence-corrected chi connectivity index (χ0v) is 11.8. The summed E-state index contributed by atoms with van der Waals surface area (Å²) in [6.45, 7) is 3.39. The standard InChI is InChI=1S/C18H22N2/c19-18-9-5-4-8-17(18)16-10-12-20(13-11-16)14-15-6-2-1-3-7-15/h1-9,16H,10-14,19H2. The Balaban J connectivity index is 1.59. The van der Waals surface area contributed by atoms with E-state index in [1.165, 1.54) is 24.0 Å². The van der Waals surface area contributed by atoms with E-state index >= 15 is 0 Å². The van der Waals surface area contributed by atoms with Crippen molar-refractivity contribution < 1.29 is 0 Å². The average molecular weight is 266 g/mol. The van der Waals surface area contributed by atoms with E-state index < -0.39 is 0 Å². The van der Waals surface area contributed by atoms with Gasteiger partial charge >= 0.3 is 0 Å². The van der Waals surface area contributed by atoms with Crippen molar-refractivity contribution in [2.75, 3.05) is 18.8 Å². The van der Waals surface area contributed by atoms with Gasteiger partial charge in [-0.1, -0.05) is 48.5 Å². The second kappa shape index (κ2) is 6.10. The van der Waals surface area contributed by atoms with E-state index in [9.17, 15) is 0 Å². The molecule has 1 aliphatic heterocycles. The molecule has 3 rings (SSSR count). The molecule has 0 bridgehead atoms. The minimum atomic E-state index is 0.628. The van der Waals surface area contributed by atoms with Crippen LogP contribution in [0.3, 0.4) is 0 Å². The highest BCUT2D eigenvalue weighted by atomic mass is 15.1. The fourth-order valence-corrected chi connectivity index (χ4v) is 3.13. The SMILES string of the molecule is Nc1ccccc1C1CCN(Cc2ccccc2)CC1. The van der Waals surface area contributed by atoms with E-state index in [0.717, 1.165) is 25.3 Å². The maximum absolute atomic E-state index is 6.10. The lowest BCUT2D eigenvalue weighted by atomic mass is 9.88. The molecular formula is C18H22N2. The Bertz CT molecular complexity index is 542. The third kappa shape index (κ3) is 3.02. The third-order valence-electron chi connectivity index (χ3n) is 4.27. The first-order chi connectivity index (χ1) is 9.83. The predicted octanol–water partition coefficient (Wildman–Crippen LogP) is 3.65. The summed E-state index contributed by atoms with van der Waals surface area (Å²) in [4.78, 5) is 2.55. The number of nitrogen functional groups attached to an aromatic ring is 1. The minimum Gasteiger partial charge on any atom is -0.398 e. The molecule has 2 nitrogen and oxygen atoms in total. The second-order valence-corrected chi connectivity index (χ2v) is 5.66. The minimum absolute atomic E-state index is 0.628. The van der Waals surface area contributed by atoms with Crippen LogP contribution in [0.5, 0.6) is 0 Å². The van der Waals surface area contributed by atoms with Gasteiger partial charge in [0.2, 0.25) is 0 Å². The van der Waals surface area contributed by atoms with Crippen molar-refractivity contribution in [3.8, 4) is 0 Å². The Labute approximate surface area is 121 Å². The molecule has 0 radical (unpaired) electrons. The predicted molar refractivity (Wildman–Crippen MR) is 84.5 cm³/mol. The van der Waals surface area contributed by atoms with Crippen LogP contribution in [0.2, 0.25) is 0 Å². The highest BCUT2D eigenvalue weighted by molar-refractivity contribution is 5.48. The van der Waals surface area contributed by atoms with Gasteiger partial charge in [0.15, 0.2) is 0 Å². The van der Waals surface area contributed by atoms with Gasteiger partial charge in [-0.15, -0.1) is 0 Å². The maximum atomic E-state index is 6.10. The van der Waals surface area contributed by atoms with E-state index in [1.54, 1.807) is 0 Å². The topological polar surface area (TPSA) is 29.3 Å². The van der Waals surface area contributed by atoms with Crippen molar-refractivity contribution in [3.63, 3.8) is 0 Å². The highest BCUT2D eigenvalue weighted by Crippen LogP contribution is 2.31. The molecule has 0 spiro atoms. The summed E-state index contributed by atoms with van der Waals surface area (Å²) >= 11 is 0. The summed E-state index contributed by atoms with van der Waals surface area (Å²) in [7, 11) is 0.